The van der Waals surface area contributed by atoms with Crippen LogP contribution in [0, 0.1) is 0 Å². The molecule has 0 saturated carbocycles. The van der Waals surface area contributed by atoms with E-state index in [-0.39, 0.29) is 0 Å². The third-order valence-corrected chi connectivity index (χ3v) is 1.82. The molecule has 0 bridgehead atoms. The molecule has 0 aromatic carbocycles. The average Bonchev–Trinajstić information content (AvgIpc) is 2.16. The topological polar surface area (TPSA) is 37.8 Å². The number of rotatable bonds is 5. The van der Waals surface area contributed by atoms with Gasteiger partial charge in [-0.05, 0) is 6.42 Å². The summed E-state index contributed by atoms with van der Waals surface area (Å²) in [4.78, 5) is 8.22. The summed E-state index contributed by atoms with van der Waals surface area (Å²) in [6.45, 7) is 6.24. The number of hydrogen-bond acceptors (Lipinski definition) is 3. The number of nitrogens with zero attached hydrogens (tertiary/aromatic N) is 2. The Balaban J connectivity index is 2.58. The number of aryl methyl sites for hydroxylation is 1. The van der Waals surface area contributed by atoms with Crippen molar-refractivity contribution in [2.45, 2.75) is 19.8 Å². The van der Waals surface area contributed by atoms with Crippen LogP contribution >= 0.6 is 11.6 Å². The maximum atomic E-state index is 5.63. The van der Waals surface area contributed by atoms with E-state index in [1.165, 1.54) is 0 Å². The van der Waals surface area contributed by atoms with Crippen LogP contribution in [0.3, 0.4) is 0 Å². The van der Waals surface area contributed by atoms with Crippen LogP contribution in [0.25, 0.3) is 0 Å². The summed E-state index contributed by atoms with van der Waals surface area (Å²) in [5.74, 6) is 0.797. The smallest absolute Gasteiger partial charge is 0.129 e. The molecule has 0 aliphatic carbocycles. The van der Waals surface area contributed by atoms with E-state index in [9.17, 15) is 0 Å². The summed E-state index contributed by atoms with van der Waals surface area (Å²) in [7, 11) is 0. The van der Waals surface area contributed by atoms with Gasteiger partial charge in [0.15, 0.2) is 0 Å². The molecule has 0 aliphatic rings. The van der Waals surface area contributed by atoms with Crippen molar-refractivity contribution in [3.05, 3.63) is 29.7 Å². The second-order valence-corrected chi connectivity index (χ2v) is 3.55. The predicted octanol–water partition coefficient (Wildman–Crippen LogP) is 2.59. The molecular formula is C10H14ClN3. The van der Waals surface area contributed by atoms with Gasteiger partial charge in [0.2, 0.25) is 0 Å². The largest absolute Gasteiger partial charge is 0.365 e. The Labute approximate surface area is 89.2 Å². The Kier molecular flexibility index (Phi) is 4.40. The van der Waals surface area contributed by atoms with Crippen LogP contribution in [-0.4, -0.2) is 16.5 Å². The van der Waals surface area contributed by atoms with E-state index in [1.54, 1.807) is 6.33 Å². The highest BCUT2D eigenvalue weighted by Gasteiger charge is 1.97. The van der Waals surface area contributed by atoms with Gasteiger partial charge in [-0.1, -0.05) is 31.5 Å². The first-order valence-electron chi connectivity index (χ1n) is 4.60. The normalized spacial score (nSPS) is 9.86. The fourth-order valence-electron chi connectivity index (χ4n) is 1.07. The lowest BCUT2D eigenvalue weighted by molar-refractivity contribution is 0.872. The monoisotopic (exact) mass is 211 g/mol. The number of aromatic nitrogens is 2. The van der Waals surface area contributed by atoms with E-state index in [4.69, 9.17) is 11.6 Å². The van der Waals surface area contributed by atoms with Crippen LogP contribution in [0.15, 0.2) is 24.0 Å². The van der Waals surface area contributed by atoms with Gasteiger partial charge in [-0.15, -0.1) is 0 Å². The van der Waals surface area contributed by atoms with Crippen LogP contribution in [-0.2, 0) is 6.42 Å². The summed E-state index contributed by atoms with van der Waals surface area (Å²) >= 11 is 5.63. The number of anilines is 1. The molecule has 0 atom stereocenters. The van der Waals surface area contributed by atoms with E-state index in [0.29, 0.717) is 11.6 Å². The van der Waals surface area contributed by atoms with Crippen LogP contribution in [0.5, 0.6) is 0 Å². The number of halogens is 1. The second-order valence-electron chi connectivity index (χ2n) is 3.02. The van der Waals surface area contributed by atoms with Crippen LogP contribution in [0.4, 0.5) is 5.82 Å². The van der Waals surface area contributed by atoms with E-state index >= 15 is 0 Å². The van der Waals surface area contributed by atoms with E-state index in [2.05, 4.69) is 28.8 Å². The van der Waals surface area contributed by atoms with Gasteiger partial charge >= 0.3 is 0 Å². The lowest BCUT2D eigenvalue weighted by Gasteiger charge is -2.04. The molecule has 0 aliphatic heterocycles. The molecule has 1 heterocycles. The van der Waals surface area contributed by atoms with Gasteiger partial charge in [-0.25, -0.2) is 9.97 Å². The zero-order chi connectivity index (χ0) is 10.4. The Bertz CT molecular complexity index is 312. The summed E-state index contributed by atoms with van der Waals surface area (Å²) in [6.07, 6.45) is 3.61. The molecule has 0 radical (unpaired) electrons. The van der Waals surface area contributed by atoms with Crippen LogP contribution < -0.4 is 5.32 Å². The fourth-order valence-corrected chi connectivity index (χ4v) is 1.14. The first-order valence-corrected chi connectivity index (χ1v) is 4.98. The molecular weight excluding hydrogens is 198 g/mol. The first kappa shape index (κ1) is 11.0. The van der Waals surface area contributed by atoms with Gasteiger partial charge in [0.1, 0.15) is 12.1 Å². The standard InChI is InChI=1S/C10H14ClN3/c1-3-4-9-5-10(14-7-13-9)12-6-8(2)11/h5,7H,2-4,6H2,1H3,(H,12,13,14). The molecule has 76 valence electrons. The maximum absolute atomic E-state index is 5.63. The maximum Gasteiger partial charge on any atom is 0.129 e. The van der Waals surface area contributed by atoms with Crippen molar-refractivity contribution >= 4 is 17.4 Å². The highest BCUT2D eigenvalue weighted by Crippen LogP contribution is 2.07. The van der Waals surface area contributed by atoms with Crippen molar-refractivity contribution in [1.29, 1.82) is 0 Å². The third kappa shape index (κ3) is 3.75. The Morgan fingerprint density at radius 3 is 3.00 bits per heavy atom. The summed E-state index contributed by atoms with van der Waals surface area (Å²) in [6, 6.07) is 1.93. The third-order valence-electron chi connectivity index (χ3n) is 1.69. The lowest BCUT2D eigenvalue weighted by atomic mass is 10.2. The summed E-state index contributed by atoms with van der Waals surface area (Å²) in [5.41, 5.74) is 1.05. The molecule has 0 fully saturated rings. The predicted molar refractivity (Wildman–Crippen MR) is 59.5 cm³/mol. The van der Waals surface area contributed by atoms with Gasteiger partial charge in [-0.3, -0.25) is 0 Å². The lowest BCUT2D eigenvalue weighted by Crippen LogP contribution is -2.04. The molecule has 0 saturated heterocycles. The van der Waals surface area contributed by atoms with Crippen molar-refractivity contribution < 1.29 is 0 Å². The Hall–Kier alpha value is -1.09. The highest BCUT2D eigenvalue weighted by atomic mass is 35.5. The molecule has 14 heavy (non-hydrogen) atoms. The van der Waals surface area contributed by atoms with Gasteiger partial charge < -0.3 is 5.32 Å². The van der Waals surface area contributed by atoms with Gasteiger partial charge in [-0.2, -0.15) is 0 Å². The molecule has 1 aromatic rings. The van der Waals surface area contributed by atoms with Crippen molar-refractivity contribution in [1.82, 2.24) is 9.97 Å². The van der Waals surface area contributed by atoms with E-state index in [1.807, 2.05) is 6.07 Å². The molecule has 1 N–H and O–H groups in total. The second kappa shape index (κ2) is 5.60. The molecule has 4 heteroatoms. The molecule has 1 aromatic heterocycles. The van der Waals surface area contributed by atoms with Crippen LogP contribution in [0.1, 0.15) is 19.0 Å². The first-order chi connectivity index (χ1) is 6.72. The molecule has 0 unspecified atom stereocenters. The van der Waals surface area contributed by atoms with Gasteiger partial charge in [0, 0.05) is 16.8 Å². The number of nitrogens with one attached hydrogen (secondary N) is 1. The van der Waals surface area contributed by atoms with E-state index < -0.39 is 0 Å². The van der Waals surface area contributed by atoms with Gasteiger partial charge in [0.25, 0.3) is 0 Å². The van der Waals surface area contributed by atoms with Crippen molar-refractivity contribution in [3.8, 4) is 0 Å². The molecule has 3 nitrogen and oxygen atoms in total. The Morgan fingerprint density at radius 1 is 1.57 bits per heavy atom. The van der Waals surface area contributed by atoms with Crippen LogP contribution in [0.2, 0.25) is 0 Å². The highest BCUT2D eigenvalue weighted by molar-refractivity contribution is 6.29. The van der Waals surface area contributed by atoms with Crippen molar-refractivity contribution in [3.63, 3.8) is 0 Å². The summed E-state index contributed by atoms with van der Waals surface area (Å²) < 4.78 is 0. The average molecular weight is 212 g/mol. The SMILES string of the molecule is C=C(Cl)CNc1cc(CCC)ncn1. The van der Waals surface area contributed by atoms with Crippen molar-refractivity contribution in [2.75, 3.05) is 11.9 Å². The van der Waals surface area contributed by atoms with E-state index in [0.717, 1.165) is 24.4 Å². The molecule has 0 amide bonds. The minimum Gasteiger partial charge on any atom is -0.365 e. The zero-order valence-electron chi connectivity index (χ0n) is 8.26. The van der Waals surface area contributed by atoms with Crippen molar-refractivity contribution in [2.24, 2.45) is 0 Å². The quantitative estimate of drug-likeness (QED) is 0.814. The molecule has 1 rings (SSSR count). The summed E-state index contributed by atoms with van der Waals surface area (Å²) in [5, 5.41) is 3.63. The Morgan fingerprint density at radius 2 is 2.36 bits per heavy atom. The number of hydrogen-bond donors (Lipinski definition) is 1. The van der Waals surface area contributed by atoms with Gasteiger partial charge in [0.05, 0.1) is 6.54 Å². The zero-order valence-corrected chi connectivity index (χ0v) is 9.01. The fraction of sp³-hybridized carbons (Fsp3) is 0.400. The minimum atomic E-state index is 0.532. The minimum absolute atomic E-state index is 0.532. The molecule has 0 spiro atoms.